The van der Waals surface area contributed by atoms with Gasteiger partial charge in [-0.15, -0.1) is 0 Å². The molecule has 1 atom stereocenters. The Labute approximate surface area is 184 Å². The molecule has 1 aliphatic rings. The van der Waals surface area contributed by atoms with Crippen molar-refractivity contribution in [1.82, 2.24) is 14.9 Å². The molecule has 3 aromatic rings. The number of nitrogens with zero attached hydrogens (tertiary/aromatic N) is 3. The zero-order chi connectivity index (χ0) is 22.0. The first kappa shape index (κ1) is 21.1. The Morgan fingerprint density at radius 1 is 1.32 bits per heavy atom. The number of ether oxygens (including phenoxy) is 2. The van der Waals surface area contributed by atoms with Crippen molar-refractivity contribution in [3.63, 3.8) is 0 Å². The van der Waals surface area contributed by atoms with Crippen LogP contribution in [-0.2, 0) is 4.79 Å². The Hall–Kier alpha value is -3.13. The average Bonchev–Trinajstić information content (AvgIpc) is 3.24. The summed E-state index contributed by atoms with van der Waals surface area (Å²) in [6.07, 6.45) is 2.28. The molecule has 1 N–H and O–H groups in total. The number of hydrogen-bond donors (Lipinski definition) is 1. The average molecular weight is 445 g/mol. The minimum atomic E-state index is -0.558. The number of rotatable bonds is 6. The summed E-state index contributed by atoms with van der Waals surface area (Å²) in [5.41, 5.74) is 0.828. The van der Waals surface area contributed by atoms with Crippen LogP contribution in [0.3, 0.4) is 0 Å². The van der Waals surface area contributed by atoms with Crippen LogP contribution in [0.4, 0.5) is 15.9 Å². The molecule has 1 amide bonds. The molecule has 0 saturated carbocycles. The molecule has 0 radical (unpaired) electrons. The number of carbonyl (C=O) groups is 1. The summed E-state index contributed by atoms with van der Waals surface area (Å²) < 4.78 is 25.9. The zero-order valence-electron chi connectivity index (χ0n) is 17.2. The molecule has 1 fully saturated rings. The molecule has 7 nitrogen and oxygen atoms in total. The van der Waals surface area contributed by atoms with E-state index in [4.69, 9.17) is 21.1 Å². The Balaban J connectivity index is 1.61. The first-order chi connectivity index (χ1) is 15.0. The number of benzene rings is 2. The molecule has 2 heterocycles. The van der Waals surface area contributed by atoms with Gasteiger partial charge >= 0.3 is 0 Å². The van der Waals surface area contributed by atoms with Gasteiger partial charge in [-0.1, -0.05) is 17.7 Å². The van der Waals surface area contributed by atoms with Gasteiger partial charge in [0.05, 0.1) is 29.9 Å². The highest BCUT2D eigenvalue weighted by molar-refractivity contribution is 6.31. The van der Waals surface area contributed by atoms with Crippen LogP contribution in [-0.4, -0.2) is 47.6 Å². The number of likely N-dealkylation sites (tertiary alicyclic amines) is 1. The summed E-state index contributed by atoms with van der Waals surface area (Å²) in [4.78, 5) is 21.9. The van der Waals surface area contributed by atoms with E-state index in [0.29, 0.717) is 41.4 Å². The molecule has 2 aromatic carbocycles. The molecule has 1 aliphatic heterocycles. The fourth-order valence-electron chi connectivity index (χ4n) is 3.63. The number of hydrogen-bond acceptors (Lipinski definition) is 6. The highest BCUT2D eigenvalue weighted by atomic mass is 35.5. The van der Waals surface area contributed by atoms with E-state index in [0.717, 1.165) is 13.0 Å². The lowest BCUT2D eigenvalue weighted by atomic mass is 10.1. The second-order valence-corrected chi connectivity index (χ2v) is 7.81. The van der Waals surface area contributed by atoms with Crippen molar-refractivity contribution in [2.45, 2.75) is 13.3 Å². The van der Waals surface area contributed by atoms with Gasteiger partial charge in [-0.3, -0.25) is 4.79 Å². The molecular formula is C22H22ClFN4O3. The lowest BCUT2D eigenvalue weighted by Crippen LogP contribution is -2.26. The van der Waals surface area contributed by atoms with Crippen LogP contribution >= 0.6 is 11.6 Å². The summed E-state index contributed by atoms with van der Waals surface area (Å²) in [5.74, 6) is 1.24. The van der Waals surface area contributed by atoms with Crippen LogP contribution in [0.2, 0.25) is 5.02 Å². The van der Waals surface area contributed by atoms with E-state index in [1.165, 1.54) is 12.4 Å². The van der Waals surface area contributed by atoms with Gasteiger partial charge in [-0.25, -0.2) is 14.4 Å². The van der Waals surface area contributed by atoms with Crippen LogP contribution in [0.1, 0.15) is 13.3 Å². The van der Waals surface area contributed by atoms with E-state index in [1.807, 2.05) is 4.90 Å². The van der Waals surface area contributed by atoms with Gasteiger partial charge in [0.15, 0.2) is 17.3 Å². The molecule has 1 saturated heterocycles. The highest BCUT2D eigenvalue weighted by Gasteiger charge is 2.25. The van der Waals surface area contributed by atoms with Gasteiger partial charge in [0.2, 0.25) is 5.91 Å². The molecular weight excluding hydrogens is 423 g/mol. The van der Waals surface area contributed by atoms with Crippen molar-refractivity contribution in [1.29, 1.82) is 0 Å². The number of nitrogens with one attached hydrogen (secondary N) is 1. The molecule has 0 bridgehead atoms. The number of carbonyl (C=O) groups excluding carboxylic acids is 1. The Morgan fingerprint density at radius 3 is 2.90 bits per heavy atom. The zero-order valence-corrected chi connectivity index (χ0v) is 17.9. The maximum absolute atomic E-state index is 14.4. The van der Waals surface area contributed by atoms with Crippen LogP contribution in [0.5, 0.6) is 11.5 Å². The molecule has 9 heteroatoms. The van der Waals surface area contributed by atoms with Crippen molar-refractivity contribution < 1.29 is 18.7 Å². The molecule has 31 heavy (non-hydrogen) atoms. The topological polar surface area (TPSA) is 76.6 Å². The van der Waals surface area contributed by atoms with E-state index in [1.54, 1.807) is 38.3 Å². The highest BCUT2D eigenvalue weighted by Crippen LogP contribution is 2.36. The van der Waals surface area contributed by atoms with Crippen LogP contribution in [0.15, 0.2) is 36.7 Å². The fraction of sp³-hybridized carbons (Fsp3) is 0.318. The second-order valence-electron chi connectivity index (χ2n) is 7.40. The summed E-state index contributed by atoms with van der Waals surface area (Å²) in [6, 6.07) is 8.24. The molecule has 0 unspecified atom stereocenters. The largest absolute Gasteiger partial charge is 0.493 e. The normalized spacial score (nSPS) is 15.9. The number of aromatic nitrogens is 2. The molecule has 4 rings (SSSR count). The first-order valence-electron chi connectivity index (χ1n) is 9.88. The van der Waals surface area contributed by atoms with Crippen molar-refractivity contribution >= 4 is 39.9 Å². The smallest absolute Gasteiger partial charge is 0.219 e. The van der Waals surface area contributed by atoms with E-state index < -0.39 is 5.82 Å². The molecule has 1 aromatic heterocycles. The van der Waals surface area contributed by atoms with Crippen molar-refractivity contribution in [2.24, 2.45) is 5.92 Å². The van der Waals surface area contributed by atoms with Crippen LogP contribution in [0.25, 0.3) is 10.9 Å². The number of halogens is 2. The lowest BCUT2D eigenvalue weighted by Gasteiger charge is -2.17. The maximum atomic E-state index is 14.4. The standard InChI is InChI=1S/C22H22ClFN4O3/c1-13(29)28-7-6-14(10-28)11-31-20-8-15-18(9-19(20)30-2)25-12-26-22(15)27-17-5-3-4-16(23)21(17)24/h3-5,8-9,12,14H,6-7,10-11H2,1-2H3,(H,25,26,27)/t14-/m1/s1. The lowest BCUT2D eigenvalue weighted by molar-refractivity contribution is -0.127. The fourth-order valence-corrected chi connectivity index (χ4v) is 3.80. The third-order valence-electron chi connectivity index (χ3n) is 5.33. The van der Waals surface area contributed by atoms with E-state index in [2.05, 4.69) is 15.3 Å². The third kappa shape index (κ3) is 4.49. The SMILES string of the molecule is COc1cc2ncnc(Nc3cccc(Cl)c3F)c2cc1OC[C@@H]1CCN(C(C)=O)C1. The molecule has 0 spiro atoms. The number of anilines is 2. The third-order valence-corrected chi connectivity index (χ3v) is 5.62. The van der Waals surface area contributed by atoms with Gasteiger partial charge in [0, 0.05) is 37.4 Å². The predicted octanol–water partition coefficient (Wildman–Crippen LogP) is 4.42. The summed E-state index contributed by atoms with van der Waals surface area (Å²) in [6.45, 7) is 3.44. The van der Waals surface area contributed by atoms with Crippen molar-refractivity contribution in [2.75, 3.05) is 32.1 Å². The monoisotopic (exact) mass is 444 g/mol. The number of amides is 1. The molecule has 0 aliphatic carbocycles. The van der Waals surface area contributed by atoms with Gasteiger partial charge in [0.1, 0.15) is 12.1 Å². The van der Waals surface area contributed by atoms with Gasteiger partial charge in [0.25, 0.3) is 0 Å². The van der Waals surface area contributed by atoms with E-state index in [9.17, 15) is 9.18 Å². The number of methoxy groups -OCH3 is 1. The van der Waals surface area contributed by atoms with E-state index >= 15 is 0 Å². The summed E-state index contributed by atoms with van der Waals surface area (Å²) in [5, 5.41) is 3.65. The summed E-state index contributed by atoms with van der Waals surface area (Å²) >= 11 is 5.89. The Bertz CT molecular complexity index is 1130. The van der Waals surface area contributed by atoms with Crippen molar-refractivity contribution in [3.8, 4) is 11.5 Å². The quantitative estimate of drug-likeness (QED) is 0.606. The Kier molecular flexibility index (Phi) is 6.08. The van der Waals surface area contributed by atoms with Crippen molar-refractivity contribution in [3.05, 3.63) is 47.5 Å². The van der Waals surface area contributed by atoms with E-state index in [-0.39, 0.29) is 22.5 Å². The van der Waals surface area contributed by atoms with Gasteiger partial charge in [-0.2, -0.15) is 0 Å². The molecule has 162 valence electrons. The Morgan fingerprint density at radius 2 is 2.16 bits per heavy atom. The predicted molar refractivity (Wildman–Crippen MR) is 117 cm³/mol. The maximum Gasteiger partial charge on any atom is 0.219 e. The van der Waals surface area contributed by atoms with Crippen LogP contribution < -0.4 is 14.8 Å². The summed E-state index contributed by atoms with van der Waals surface area (Å²) in [7, 11) is 1.56. The first-order valence-corrected chi connectivity index (χ1v) is 10.3. The second kappa shape index (κ2) is 8.93. The minimum Gasteiger partial charge on any atom is -0.493 e. The minimum absolute atomic E-state index is 0.0187. The van der Waals surface area contributed by atoms with Gasteiger partial charge < -0.3 is 19.7 Å². The number of fused-ring (bicyclic) bond motifs is 1. The van der Waals surface area contributed by atoms with Gasteiger partial charge in [-0.05, 0) is 24.6 Å². The van der Waals surface area contributed by atoms with Crippen LogP contribution in [0, 0.1) is 11.7 Å².